The molecule has 0 radical (unpaired) electrons. The number of amides is 1. The number of esters is 1. The number of thioether (sulfide) groups is 1. The highest BCUT2D eigenvalue weighted by atomic mass is 32.2. The highest BCUT2D eigenvalue weighted by Gasteiger charge is 2.13. The lowest BCUT2D eigenvalue weighted by atomic mass is 10.2. The van der Waals surface area contributed by atoms with Crippen LogP contribution in [0.15, 0.2) is 47.6 Å². The number of carbonyl (C=O) groups is 2. The maximum atomic E-state index is 12.4. The summed E-state index contributed by atoms with van der Waals surface area (Å²) in [5.41, 5.74) is 1.58. The van der Waals surface area contributed by atoms with E-state index in [9.17, 15) is 9.59 Å². The summed E-state index contributed by atoms with van der Waals surface area (Å²) in [6, 6.07) is 10.1. The molecule has 0 saturated heterocycles. The van der Waals surface area contributed by atoms with E-state index >= 15 is 0 Å². The minimum absolute atomic E-state index is 0.234. The van der Waals surface area contributed by atoms with Gasteiger partial charge in [0.1, 0.15) is 11.6 Å². The van der Waals surface area contributed by atoms with Crippen LogP contribution >= 0.6 is 11.8 Å². The first-order chi connectivity index (χ1) is 13.1. The molecule has 0 bridgehead atoms. The molecule has 1 N–H and O–H groups in total. The highest BCUT2D eigenvalue weighted by Crippen LogP contribution is 2.19. The first-order valence-corrected chi connectivity index (χ1v) is 10.1. The van der Waals surface area contributed by atoms with Crippen molar-refractivity contribution in [1.29, 1.82) is 0 Å². The fourth-order valence-corrected chi connectivity index (χ4v) is 3.05. The predicted octanol–water partition coefficient (Wildman–Crippen LogP) is 3.55. The molecule has 0 saturated carbocycles. The van der Waals surface area contributed by atoms with Crippen molar-refractivity contribution in [3.05, 3.63) is 53.7 Å². The average Bonchev–Trinajstić information content (AvgIpc) is 2.71. The Bertz CT molecular complexity index is 761. The van der Waals surface area contributed by atoms with Gasteiger partial charge in [-0.05, 0) is 55.7 Å². The summed E-state index contributed by atoms with van der Waals surface area (Å²) in [6.07, 6.45) is 3.53. The van der Waals surface area contributed by atoms with Crippen molar-refractivity contribution < 1.29 is 14.3 Å². The van der Waals surface area contributed by atoms with Crippen LogP contribution in [-0.4, -0.2) is 54.3 Å². The van der Waals surface area contributed by atoms with Crippen molar-refractivity contribution in [2.24, 2.45) is 0 Å². The number of likely N-dealkylation sites (N-methyl/N-ethyl adjacent to an activating group) is 1. The average molecular weight is 388 g/mol. The number of benzene rings is 1. The van der Waals surface area contributed by atoms with Gasteiger partial charge in [0, 0.05) is 18.4 Å². The molecule has 0 aliphatic rings. The number of anilines is 1. The molecular weight excluding hydrogens is 362 g/mol. The normalized spacial score (nSPS) is 10.7. The third-order valence-electron chi connectivity index (χ3n) is 4.12. The molecule has 27 heavy (non-hydrogen) atoms. The van der Waals surface area contributed by atoms with E-state index < -0.39 is 0 Å². The maximum Gasteiger partial charge on any atom is 0.338 e. The van der Waals surface area contributed by atoms with Crippen molar-refractivity contribution >= 4 is 29.3 Å². The minimum Gasteiger partial charge on any atom is -0.461 e. The Hall–Kier alpha value is -2.38. The molecule has 0 aliphatic carbocycles. The smallest absolute Gasteiger partial charge is 0.338 e. The van der Waals surface area contributed by atoms with Crippen LogP contribution in [0.1, 0.15) is 34.6 Å². The van der Waals surface area contributed by atoms with Crippen LogP contribution in [0.3, 0.4) is 0 Å². The zero-order valence-corrected chi connectivity index (χ0v) is 16.7. The van der Waals surface area contributed by atoms with Gasteiger partial charge in [-0.2, -0.15) is 0 Å². The van der Waals surface area contributed by atoms with E-state index in [-0.39, 0.29) is 11.9 Å². The van der Waals surface area contributed by atoms with Gasteiger partial charge in [-0.3, -0.25) is 4.79 Å². The zero-order valence-electron chi connectivity index (χ0n) is 15.9. The number of ether oxygens (including phenoxy) is 1. The van der Waals surface area contributed by atoms with Crippen LogP contribution in [0.4, 0.5) is 5.69 Å². The van der Waals surface area contributed by atoms with E-state index in [0.717, 1.165) is 19.6 Å². The van der Waals surface area contributed by atoms with E-state index in [1.54, 1.807) is 42.6 Å². The van der Waals surface area contributed by atoms with Crippen LogP contribution < -0.4 is 5.32 Å². The molecular formula is C20H25N3O3S. The van der Waals surface area contributed by atoms with Gasteiger partial charge in [-0.15, -0.1) is 11.8 Å². The maximum absolute atomic E-state index is 12.4. The molecule has 1 heterocycles. The van der Waals surface area contributed by atoms with E-state index in [4.69, 9.17) is 4.74 Å². The van der Waals surface area contributed by atoms with Crippen LogP contribution in [0.5, 0.6) is 0 Å². The fourth-order valence-electron chi connectivity index (χ4n) is 2.50. The lowest BCUT2D eigenvalue weighted by Crippen LogP contribution is -2.27. The lowest BCUT2D eigenvalue weighted by Gasteiger charge is -2.17. The number of carbonyl (C=O) groups excluding carboxylic acids is 2. The van der Waals surface area contributed by atoms with E-state index in [2.05, 4.69) is 29.0 Å². The number of rotatable bonds is 9. The summed E-state index contributed by atoms with van der Waals surface area (Å²) >= 11 is 1.42. The van der Waals surface area contributed by atoms with Crippen molar-refractivity contribution in [3.8, 4) is 0 Å². The van der Waals surface area contributed by atoms with Gasteiger partial charge in [-0.1, -0.05) is 13.8 Å². The van der Waals surface area contributed by atoms with E-state index in [1.165, 1.54) is 11.8 Å². The second-order valence-corrected chi connectivity index (χ2v) is 6.55. The standard InChI is InChI=1S/C20H25N3O3S/c1-4-23(5-2)13-14-26-20(25)15-8-10-16(11-9-15)22-18(24)17-7-6-12-21-19(17)27-3/h6-12H,4-5,13-14H2,1-3H3,(H,22,24). The summed E-state index contributed by atoms with van der Waals surface area (Å²) in [4.78, 5) is 30.9. The van der Waals surface area contributed by atoms with Crippen molar-refractivity contribution in [1.82, 2.24) is 9.88 Å². The second-order valence-electron chi connectivity index (χ2n) is 5.75. The molecule has 6 nitrogen and oxygen atoms in total. The third kappa shape index (κ3) is 6.08. The topological polar surface area (TPSA) is 71.5 Å². The number of nitrogens with one attached hydrogen (secondary N) is 1. The molecule has 0 unspecified atom stereocenters. The number of hydrogen-bond acceptors (Lipinski definition) is 6. The van der Waals surface area contributed by atoms with Crippen LogP contribution in [-0.2, 0) is 4.74 Å². The molecule has 2 aromatic rings. The Balaban J connectivity index is 1.92. The summed E-state index contributed by atoms with van der Waals surface area (Å²) in [7, 11) is 0. The highest BCUT2D eigenvalue weighted by molar-refractivity contribution is 7.98. The van der Waals surface area contributed by atoms with Gasteiger partial charge in [0.15, 0.2) is 0 Å². The van der Waals surface area contributed by atoms with Gasteiger partial charge < -0.3 is 15.0 Å². The molecule has 0 spiro atoms. The second kappa shape index (κ2) is 10.7. The first kappa shape index (κ1) is 20.9. The quantitative estimate of drug-likeness (QED) is 0.524. The molecule has 0 atom stereocenters. The Kier molecular flexibility index (Phi) is 8.29. The molecule has 2 rings (SSSR count). The lowest BCUT2D eigenvalue weighted by molar-refractivity contribution is 0.0466. The Morgan fingerprint density at radius 2 is 1.85 bits per heavy atom. The fraction of sp³-hybridized carbons (Fsp3) is 0.350. The monoisotopic (exact) mass is 387 g/mol. The minimum atomic E-state index is -0.364. The van der Waals surface area contributed by atoms with E-state index in [0.29, 0.717) is 28.4 Å². The molecule has 7 heteroatoms. The zero-order chi connectivity index (χ0) is 19.6. The molecule has 1 amide bonds. The van der Waals surface area contributed by atoms with Crippen LogP contribution in [0.2, 0.25) is 0 Å². The van der Waals surface area contributed by atoms with Gasteiger partial charge in [-0.25, -0.2) is 9.78 Å². The Morgan fingerprint density at radius 1 is 1.15 bits per heavy atom. The van der Waals surface area contributed by atoms with Gasteiger partial charge in [0.2, 0.25) is 0 Å². The van der Waals surface area contributed by atoms with Gasteiger partial charge in [0.05, 0.1) is 11.1 Å². The number of nitrogens with zero attached hydrogens (tertiary/aromatic N) is 2. The molecule has 1 aromatic heterocycles. The predicted molar refractivity (Wildman–Crippen MR) is 108 cm³/mol. The number of pyridine rings is 1. The van der Waals surface area contributed by atoms with Crippen molar-refractivity contribution in [2.45, 2.75) is 18.9 Å². The summed E-state index contributed by atoms with van der Waals surface area (Å²) in [5.74, 6) is -0.598. The Morgan fingerprint density at radius 3 is 2.48 bits per heavy atom. The van der Waals surface area contributed by atoms with Crippen LogP contribution in [0, 0.1) is 0 Å². The molecule has 0 fully saturated rings. The molecule has 1 aromatic carbocycles. The van der Waals surface area contributed by atoms with Gasteiger partial charge in [0.25, 0.3) is 5.91 Å². The largest absolute Gasteiger partial charge is 0.461 e. The van der Waals surface area contributed by atoms with E-state index in [1.807, 2.05) is 6.26 Å². The Labute approximate surface area is 164 Å². The molecule has 0 aliphatic heterocycles. The van der Waals surface area contributed by atoms with Crippen LogP contribution in [0.25, 0.3) is 0 Å². The first-order valence-electron chi connectivity index (χ1n) is 8.88. The summed E-state index contributed by atoms with van der Waals surface area (Å²) in [5, 5.41) is 3.49. The van der Waals surface area contributed by atoms with Crippen molar-refractivity contribution in [3.63, 3.8) is 0 Å². The summed E-state index contributed by atoms with van der Waals surface area (Å²) in [6.45, 7) is 7.08. The SMILES string of the molecule is CCN(CC)CCOC(=O)c1ccc(NC(=O)c2cccnc2SC)cc1. The number of hydrogen-bond donors (Lipinski definition) is 1. The van der Waals surface area contributed by atoms with Gasteiger partial charge >= 0.3 is 5.97 Å². The third-order valence-corrected chi connectivity index (χ3v) is 4.83. The van der Waals surface area contributed by atoms with Crippen molar-refractivity contribution in [2.75, 3.05) is 37.8 Å². The molecule has 144 valence electrons. The number of aromatic nitrogens is 1. The summed E-state index contributed by atoms with van der Waals surface area (Å²) < 4.78 is 5.30.